The Kier molecular flexibility index (Phi) is 6.54. The summed E-state index contributed by atoms with van der Waals surface area (Å²) in [5.74, 6) is 0.484. The predicted octanol–water partition coefficient (Wildman–Crippen LogP) is 2.14. The van der Waals surface area contributed by atoms with Crippen molar-refractivity contribution in [1.29, 1.82) is 0 Å². The minimum atomic E-state index is -0.802. The lowest BCUT2D eigenvalue weighted by atomic mass is 9.87. The van der Waals surface area contributed by atoms with Crippen molar-refractivity contribution in [3.63, 3.8) is 0 Å². The van der Waals surface area contributed by atoms with Crippen molar-refractivity contribution in [3.8, 4) is 0 Å². The van der Waals surface area contributed by atoms with Crippen LogP contribution in [0.1, 0.15) is 39.5 Å². The molecule has 1 unspecified atom stereocenters. The average molecular weight is 273 g/mol. The van der Waals surface area contributed by atoms with Gasteiger partial charge in [-0.15, -0.1) is 0 Å². The maximum absolute atomic E-state index is 11.7. The van der Waals surface area contributed by atoms with Gasteiger partial charge >= 0.3 is 5.97 Å². The van der Waals surface area contributed by atoms with E-state index in [-0.39, 0.29) is 5.91 Å². The molecule has 0 aromatic heterocycles. The number of rotatable bonds is 6. The highest BCUT2D eigenvalue weighted by Crippen LogP contribution is 2.23. The second-order valence-electron chi connectivity index (χ2n) is 5.28. The summed E-state index contributed by atoms with van der Waals surface area (Å²) in [5.41, 5.74) is 0. The Bertz CT molecular complexity index is 288. The highest BCUT2D eigenvalue weighted by molar-refractivity contribution is 7.99. The van der Waals surface area contributed by atoms with Crippen molar-refractivity contribution < 1.29 is 14.7 Å². The molecule has 104 valence electrons. The van der Waals surface area contributed by atoms with Crippen molar-refractivity contribution in [1.82, 2.24) is 5.32 Å². The van der Waals surface area contributed by atoms with Crippen LogP contribution in [0.2, 0.25) is 0 Å². The molecular weight excluding hydrogens is 250 g/mol. The molecule has 1 atom stereocenters. The van der Waals surface area contributed by atoms with Gasteiger partial charge in [-0.05, 0) is 31.6 Å². The van der Waals surface area contributed by atoms with Crippen LogP contribution >= 0.6 is 11.8 Å². The summed E-state index contributed by atoms with van der Waals surface area (Å²) in [4.78, 5) is 22.3. The van der Waals surface area contributed by atoms with Gasteiger partial charge in [-0.3, -0.25) is 9.59 Å². The third kappa shape index (κ3) is 5.76. The van der Waals surface area contributed by atoms with Gasteiger partial charge in [-0.25, -0.2) is 0 Å². The molecule has 1 amide bonds. The van der Waals surface area contributed by atoms with E-state index in [0.29, 0.717) is 17.5 Å². The van der Waals surface area contributed by atoms with Gasteiger partial charge in [0, 0.05) is 11.8 Å². The standard InChI is InChI=1S/C13H23NO3S/c1-9-3-5-11(6-4-9)14-12(15)8-18-7-10(2)13(16)17/h9-11H,3-8H2,1-2H3,(H,14,15)(H,16,17). The zero-order chi connectivity index (χ0) is 13.5. The van der Waals surface area contributed by atoms with Crippen molar-refractivity contribution in [2.24, 2.45) is 11.8 Å². The smallest absolute Gasteiger partial charge is 0.307 e. The zero-order valence-electron chi connectivity index (χ0n) is 11.1. The van der Waals surface area contributed by atoms with Crippen molar-refractivity contribution >= 4 is 23.6 Å². The first-order chi connectivity index (χ1) is 8.49. The number of carboxylic acids is 1. The molecule has 0 aromatic rings. The summed E-state index contributed by atoms with van der Waals surface area (Å²) in [6.07, 6.45) is 4.52. The summed E-state index contributed by atoms with van der Waals surface area (Å²) >= 11 is 1.39. The number of aliphatic carboxylic acids is 1. The Morgan fingerprint density at radius 1 is 1.33 bits per heavy atom. The fraction of sp³-hybridized carbons (Fsp3) is 0.846. The summed E-state index contributed by atoms with van der Waals surface area (Å²) in [5, 5.41) is 11.8. The number of hydrogen-bond acceptors (Lipinski definition) is 3. The van der Waals surface area contributed by atoms with Gasteiger partial charge in [0.25, 0.3) is 0 Å². The Morgan fingerprint density at radius 3 is 2.50 bits per heavy atom. The van der Waals surface area contributed by atoms with E-state index in [2.05, 4.69) is 12.2 Å². The highest BCUT2D eigenvalue weighted by Gasteiger charge is 2.19. The molecule has 1 aliphatic rings. The number of carboxylic acid groups (broad SMARTS) is 1. The third-order valence-electron chi connectivity index (χ3n) is 3.40. The van der Waals surface area contributed by atoms with Crippen LogP contribution < -0.4 is 5.32 Å². The van der Waals surface area contributed by atoms with Crippen LogP contribution in [0, 0.1) is 11.8 Å². The van der Waals surface area contributed by atoms with E-state index in [1.807, 2.05) is 0 Å². The molecule has 0 aliphatic heterocycles. The van der Waals surface area contributed by atoms with Crippen LogP contribution in [-0.4, -0.2) is 34.5 Å². The topological polar surface area (TPSA) is 66.4 Å². The average Bonchev–Trinajstić information content (AvgIpc) is 2.32. The maximum atomic E-state index is 11.7. The van der Waals surface area contributed by atoms with Gasteiger partial charge < -0.3 is 10.4 Å². The van der Waals surface area contributed by atoms with Gasteiger partial charge in [0.1, 0.15) is 0 Å². The molecule has 18 heavy (non-hydrogen) atoms. The van der Waals surface area contributed by atoms with Crippen LogP contribution in [-0.2, 0) is 9.59 Å². The maximum Gasteiger partial charge on any atom is 0.307 e. The molecule has 0 bridgehead atoms. The highest BCUT2D eigenvalue weighted by atomic mass is 32.2. The molecule has 1 aliphatic carbocycles. The van der Waals surface area contributed by atoms with E-state index < -0.39 is 11.9 Å². The van der Waals surface area contributed by atoms with Gasteiger partial charge in [0.2, 0.25) is 5.91 Å². The zero-order valence-corrected chi connectivity index (χ0v) is 12.0. The van der Waals surface area contributed by atoms with E-state index in [1.54, 1.807) is 6.92 Å². The first kappa shape index (κ1) is 15.3. The summed E-state index contributed by atoms with van der Waals surface area (Å²) in [6, 6.07) is 0.325. The lowest BCUT2D eigenvalue weighted by Crippen LogP contribution is -2.38. The minimum Gasteiger partial charge on any atom is -0.481 e. The Hall–Kier alpha value is -0.710. The van der Waals surface area contributed by atoms with Crippen molar-refractivity contribution in [3.05, 3.63) is 0 Å². The van der Waals surface area contributed by atoms with E-state index in [1.165, 1.54) is 24.6 Å². The minimum absolute atomic E-state index is 0.0390. The number of hydrogen-bond donors (Lipinski definition) is 2. The molecule has 1 fully saturated rings. The normalized spacial score (nSPS) is 25.4. The molecule has 0 saturated heterocycles. The lowest BCUT2D eigenvalue weighted by molar-refractivity contribution is -0.140. The molecule has 0 aromatic carbocycles. The van der Waals surface area contributed by atoms with Gasteiger partial charge in [-0.2, -0.15) is 11.8 Å². The Labute approximate surface area is 113 Å². The summed E-state index contributed by atoms with van der Waals surface area (Å²) < 4.78 is 0. The second kappa shape index (κ2) is 7.67. The first-order valence-corrected chi connectivity index (χ1v) is 7.74. The Morgan fingerprint density at radius 2 is 1.94 bits per heavy atom. The van der Waals surface area contributed by atoms with Gasteiger partial charge in [0.15, 0.2) is 0 Å². The summed E-state index contributed by atoms with van der Waals surface area (Å²) in [7, 11) is 0. The van der Waals surface area contributed by atoms with E-state index in [0.717, 1.165) is 18.8 Å². The van der Waals surface area contributed by atoms with E-state index in [9.17, 15) is 9.59 Å². The molecule has 0 spiro atoms. The second-order valence-corrected chi connectivity index (χ2v) is 6.31. The van der Waals surface area contributed by atoms with Crippen molar-refractivity contribution in [2.45, 2.75) is 45.6 Å². The number of thioether (sulfide) groups is 1. The van der Waals surface area contributed by atoms with E-state index >= 15 is 0 Å². The molecule has 2 N–H and O–H groups in total. The fourth-order valence-corrected chi connectivity index (χ4v) is 2.96. The largest absolute Gasteiger partial charge is 0.481 e. The molecule has 0 heterocycles. The lowest BCUT2D eigenvalue weighted by Gasteiger charge is -2.26. The van der Waals surface area contributed by atoms with Crippen LogP contribution in [0.3, 0.4) is 0 Å². The molecule has 4 nitrogen and oxygen atoms in total. The number of amides is 1. The number of nitrogens with one attached hydrogen (secondary N) is 1. The molecule has 5 heteroatoms. The molecule has 1 rings (SSSR count). The van der Waals surface area contributed by atoms with E-state index in [4.69, 9.17) is 5.11 Å². The van der Waals surface area contributed by atoms with Crippen LogP contribution in [0.15, 0.2) is 0 Å². The monoisotopic (exact) mass is 273 g/mol. The van der Waals surface area contributed by atoms with Crippen LogP contribution in [0.25, 0.3) is 0 Å². The summed E-state index contributed by atoms with van der Waals surface area (Å²) in [6.45, 7) is 3.91. The fourth-order valence-electron chi connectivity index (χ4n) is 2.07. The van der Waals surface area contributed by atoms with Gasteiger partial charge in [0.05, 0.1) is 11.7 Å². The molecule has 0 radical (unpaired) electrons. The van der Waals surface area contributed by atoms with Crippen LogP contribution in [0.4, 0.5) is 0 Å². The first-order valence-electron chi connectivity index (χ1n) is 6.59. The SMILES string of the molecule is CC1CCC(NC(=O)CSCC(C)C(=O)O)CC1. The number of carbonyl (C=O) groups is 2. The number of carbonyl (C=O) groups excluding carboxylic acids is 1. The van der Waals surface area contributed by atoms with Gasteiger partial charge in [-0.1, -0.05) is 13.8 Å². The third-order valence-corrected chi connectivity index (χ3v) is 4.61. The molecular formula is C13H23NO3S. The van der Waals surface area contributed by atoms with Crippen LogP contribution in [0.5, 0.6) is 0 Å². The molecule has 1 saturated carbocycles. The predicted molar refractivity (Wildman–Crippen MR) is 73.7 cm³/mol. The van der Waals surface area contributed by atoms with Crippen molar-refractivity contribution in [2.75, 3.05) is 11.5 Å². The quantitative estimate of drug-likeness (QED) is 0.778. The Balaban J connectivity index is 2.12.